The third-order valence-electron chi connectivity index (χ3n) is 4.01. The van der Waals surface area contributed by atoms with Gasteiger partial charge in [0.25, 0.3) is 0 Å². The average molecular weight is 444 g/mol. The summed E-state index contributed by atoms with van der Waals surface area (Å²) in [6, 6.07) is 14.8. The molecule has 0 saturated carbocycles. The summed E-state index contributed by atoms with van der Waals surface area (Å²) < 4.78 is 7.35. The molecule has 9 heteroatoms. The number of thioether (sulfide) groups is 1. The number of hydrogen-bond donors (Lipinski definition) is 0. The number of nitrogens with zero attached hydrogens (tertiary/aromatic N) is 5. The number of hydrogen-bond acceptors (Lipinski definition) is 6. The van der Waals surface area contributed by atoms with Crippen LogP contribution in [0.1, 0.15) is 5.89 Å². The van der Waals surface area contributed by atoms with Crippen LogP contribution in [0.15, 0.2) is 70.9 Å². The van der Waals surface area contributed by atoms with Crippen LogP contribution < -0.4 is 0 Å². The summed E-state index contributed by atoms with van der Waals surface area (Å²) >= 11 is 13.5. The lowest BCUT2D eigenvalue weighted by Gasteiger charge is -2.07. The van der Waals surface area contributed by atoms with E-state index in [0.717, 1.165) is 22.1 Å². The normalized spacial score (nSPS) is 11.0. The lowest BCUT2D eigenvalue weighted by molar-refractivity contribution is 0.391. The molecule has 0 aliphatic rings. The third-order valence-corrected chi connectivity index (χ3v) is 5.45. The van der Waals surface area contributed by atoms with Crippen LogP contribution in [0, 0.1) is 0 Å². The van der Waals surface area contributed by atoms with Crippen LogP contribution in [-0.4, -0.2) is 24.9 Å². The summed E-state index contributed by atoms with van der Waals surface area (Å²) in [5.74, 6) is 2.20. The zero-order valence-corrected chi connectivity index (χ0v) is 17.5. The minimum atomic E-state index is 0.462. The first-order valence-electron chi connectivity index (χ1n) is 8.65. The van der Waals surface area contributed by atoms with Gasteiger partial charge in [-0.15, -0.1) is 16.8 Å². The van der Waals surface area contributed by atoms with Crippen molar-refractivity contribution in [3.63, 3.8) is 0 Å². The molecule has 2 aromatic heterocycles. The van der Waals surface area contributed by atoms with Crippen molar-refractivity contribution in [3.05, 3.63) is 77.1 Å². The first kappa shape index (κ1) is 19.7. The van der Waals surface area contributed by atoms with Gasteiger partial charge in [-0.05, 0) is 36.4 Å². The van der Waals surface area contributed by atoms with Crippen LogP contribution in [0.3, 0.4) is 0 Å². The van der Waals surface area contributed by atoms with E-state index >= 15 is 0 Å². The molecule has 2 heterocycles. The van der Waals surface area contributed by atoms with Gasteiger partial charge >= 0.3 is 0 Å². The maximum atomic E-state index is 6.03. The summed E-state index contributed by atoms with van der Waals surface area (Å²) in [6.45, 7) is 4.40. The average Bonchev–Trinajstić information content (AvgIpc) is 3.35. The van der Waals surface area contributed by atoms with Crippen molar-refractivity contribution >= 4 is 35.0 Å². The fourth-order valence-electron chi connectivity index (χ4n) is 2.69. The predicted molar refractivity (Wildman–Crippen MR) is 115 cm³/mol. The second kappa shape index (κ2) is 8.82. The van der Waals surface area contributed by atoms with Gasteiger partial charge in [-0.2, -0.15) is 4.98 Å². The predicted octanol–water partition coefficient (Wildman–Crippen LogP) is 5.78. The maximum absolute atomic E-state index is 6.03. The highest BCUT2D eigenvalue weighted by atomic mass is 35.5. The summed E-state index contributed by atoms with van der Waals surface area (Å²) in [7, 11) is 0. The van der Waals surface area contributed by atoms with Crippen molar-refractivity contribution in [2.24, 2.45) is 0 Å². The van der Waals surface area contributed by atoms with Crippen LogP contribution in [0.5, 0.6) is 0 Å². The Morgan fingerprint density at radius 1 is 1.03 bits per heavy atom. The SMILES string of the molecule is C=CCn1c(SCc2nc(-c3cccc(Cl)c3)no2)nnc1-c1ccc(Cl)cc1. The third kappa shape index (κ3) is 4.53. The molecule has 29 heavy (non-hydrogen) atoms. The van der Waals surface area contributed by atoms with Crippen LogP contribution in [-0.2, 0) is 12.3 Å². The maximum Gasteiger partial charge on any atom is 0.237 e. The van der Waals surface area contributed by atoms with Crippen molar-refractivity contribution in [1.82, 2.24) is 24.9 Å². The van der Waals surface area contributed by atoms with Gasteiger partial charge in [0, 0.05) is 27.7 Å². The Labute approximate surface area is 181 Å². The van der Waals surface area contributed by atoms with Gasteiger partial charge < -0.3 is 4.52 Å². The molecule has 0 N–H and O–H groups in total. The van der Waals surface area contributed by atoms with E-state index in [1.165, 1.54) is 11.8 Å². The van der Waals surface area contributed by atoms with Gasteiger partial charge in [0.1, 0.15) is 0 Å². The molecular formula is C20H15Cl2N5OS. The Morgan fingerprint density at radius 2 is 1.86 bits per heavy atom. The number of rotatable bonds is 7. The summed E-state index contributed by atoms with van der Waals surface area (Å²) in [6.07, 6.45) is 1.80. The fourth-order valence-corrected chi connectivity index (χ4v) is 3.79. The highest BCUT2D eigenvalue weighted by Gasteiger charge is 2.16. The van der Waals surface area contributed by atoms with E-state index in [1.54, 1.807) is 18.2 Å². The van der Waals surface area contributed by atoms with Crippen molar-refractivity contribution in [1.29, 1.82) is 0 Å². The van der Waals surface area contributed by atoms with Gasteiger partial charge in [-0.25, -0.2) is 0 Å². The minimum absolute atomic E-state index is 0.462. The molecule has 4 rings (SSSR count). The van der Waals surface area contributed by atoms with E-state index in [0.29, 0.717) is 34.1 Å². The molecule has 0 spiro atoms. The molecular weight excluding hydrogens is 429 g/mol. The van der Waals surface area contributed by atoms with Crippen LogP contribution in [0.4, 0.5) is 0 Å². The Hall–Kier alpha value is -2.61. The summed E-state index contributed by atoms with van der Waals surface area (Å²) in [4.78, 5) is 4.44. The van der Waals surface area contributed by atoms with E-state index < -0.39 is 0 Å². The standard InChI is InChI=1S/C20H15Cl2N5OS/c1-2-10-27-19(13-6-8-15(21)9-7-13)24-25-20(27)29-12-17-23-18(26-28-17)14-4-3-5-16(22)11-14/h2-9,11H,1,10,12H2. The number of benzene rings is 2. The monoisotopic (exact) mass is 443 g/mol. The molecule has 146 valence electrons. The highest BCUT2D eigenvalue weighted by molar-refractivity contribution is 7.98. The Kier molecular flexibility index (Phi) is 5.99. The van der Waals surface area contributed by atoms with Gasteiger partial charge in [0.15, 0.2) is 11.0 Å². The van der Waals surface area contributed by atoms with E-state index in [2.05, 4.69) is 26.9 Å². The molecule has 4 aromatic rings. The van der Waals surface area contributed by atoms with Gasteiger partial charge in [0.2, 0.25) is 11.7 Å². The minimum Gasteiger partial charge on any atom is -0.338 e. The highest BCUT2D eigenvalue weighted by Crippen LogP contribution is 2.28. The van der Waals surface area contributed by atoms with E-state index in [4.69, 9.17) is 27.7 Å². The summed E-state index contributed by atoms with van der Waals surface area (Å²) in [5.41, 5.74) is 1.73. The number of allylic oxidation sites excluding steroid dienone is 1. The van der Waals surface area contributed by atoms with E-state index in [-0.39, 0.29) is 0 Å². The fraction of sp³-hybridized carbons (Fsp3) is 0.100. The smallest absolute Gasteiger partial charge is 0.237 e. The Morgan fingerprint density at radius 3 is 2.62 bits per heavy atom. The molecule has 2 aromatic carbocycles. The largest absolute Gasteiger partial charge is 0.338 e. The topological polar surface area (TPSA) is 69.6 Å². The van der Waals surface area contributed by atoms with Crippen molar-refractivity contribution in [2.75, 3.05) is 0 Å². The molecule has 0 fully saturated rings. The second-order valence-corrected chi connectivity index (χ2v) is 7.84. The molecule has 0 radical (unpaired) electrons. The quantitative estimate of drug-likeness (QED) is 0.266. The molecule has 0 unspecified atom stereocenters. The molecule has 6 nitrogen and oxygen atoms in total. The number of aromatic nitrogens is 5. The molecule has 0 saturated heterocycles. The van der Waals surface area contributed by atoms with Crippen LogP contribution in [0.2, 0.25) is 10.0 Å². The van der Waals surface area contributed by atoms with Crippen molar-refractivity contribution in [3.8, 4) is 22.8 Å². The van der Waals surface area contributed by atoms with Gasteiger partial charge in [-0.3, -0.25) is 4.57 Å². The van der Waals surface area contributed by atoms with Crippen LogP contribution in [0.25, 0.3) is 22.8 Å². The first-order chi connectivity index (χ1) is 14.1. The zero-order valence-electron chi connectivity index (χ0n) is 15.1. The van der Waals surface area contributed by atoms with E-state index in [9.17, 15) is 0 Å². The molecule has 0 bridgehead atoms. The number of halogens is 2. The van der Waals surface area contributed by atoms with Crippen molar-refractivity contribution < 1.29 is 4.52 Å². The Bertz CT molecular complexity index is 1140. The lowest BCUT2D eigenvalue weighted by atomic mass is 10.2. The van der Waals surface area contributed by atoms with Crippen molar-refractivity contribution in [2.45, 2.75) is 17.5 Å². The molecule has 0 atom stereocenters. The summed E-state index contributed by atoms with van der Waals surface area (Å²) in [5, 5.41) is 14.7. The molecule has 0 amide bonds. The Balaban J connectivity index is 1.53. The second-order valence-electron chi connectivity index (χ2n) is 6.02. The van der Waals surface area contributed by atoms with Gasteiger partial charge in [-0.1, -0.05) is 58.3 Å². The lowest BCUT2D eigenvalue weighted by Crippen LogP contribution is -2.00. The zero-order chi connectivity index (χ0) is 20.2. The van der Waals surface area contributed by atoms with E-state index in [1.807, 2.05) is 41.0 Å². The van der Waals surface area contributed by atoms with Gasteiger partial charge in [0.05, 0.1) is 5.75 Å². The molecule has 0 aliphatic carbocycles. The molecule has 0 aliphatic heterocycles. The van der Waals surface area contributed by atoms with Crippen LogP contribution >= 0.6 is 35.0 Å². The first-order valence-corrected chi connectivity index (χ1v) is 10.4.